The van der Waals surface area contributed by atoms with Crippen molar-refractivity contribution in [2.24, 2.45) is 0 Å². The van der Waals surface area contributed by atoms with Crippen molar-refractivity contribution >= 4 is 17.6 Å². The van der Waals surface area contributed by atoms with Crippen molar-refractivity contribution in [3.05, 3.63) is 59.2 Å². The lowest BCUT2D eigenvalue weighted by Crippen LogP contribution is -2.24. The van der Waals surface area contributed by atoms with Crippen LogP contribution in [-0.4, -0.2) is 25.1 Å². The molecule has 0 radical (unpaired) electrons. The molecule has 25 heavy (non-hydrogen) atoms. The number of aryl methyl sites for hydroxylation is 3. The molecule has 0 heterocycles. The number of esters is 1. The van der Waals surface area contributed by atoms with E-state index in [9.17, 15) is 9.59 Å². The molecule has 0 atom stereocenters. The summed E-state index contributed by atoms with van der Waals surface area (Å²) >= 11 is 0. The first kappa shape index (κ1) is 18.5. The van der Waals surface area contributed by atoms with Crippen LogP contribution in [0.2, 0.25) is 0 Å². The Kier molecular flexibility index (Phi) is 6.57. The second-order valence-electron chi connectivity index (χ2n) is 5.78. The standard InChI is InChI=1S/C20H23NO4/c1-4-16-7-5-6-8-17(16)21-19(22)12-25-20(23)13-24-18-10-9-14(2)11-15(18)3/h5-11H,4,12-13H2,1-3H3,(H,21,22). The number of hydrogen-bond donors (Lipinski definition) is 1. The topological polar surface area (TPSA) is 64.6 Å². The highest BCUT2D eigenvalue weighted by molar-refractivity contribution is 5.93. The molecule has 0 unspecified atom stereocenters. The minimum Gasteiger partial charge on any atom is -0.482 e. The summed E-state index contributed by atoms with van der Waals surface area (Å²) in [6, 6.07) is 13.2. The first-order chi connectivity index (χ1) is 12.0. The van der Waals surface area contributed by atoms with Gasteiger partial charge in [-0.3, -0.25) is 4.79 Å². The van der Waals surface area contributed by atoms with Crippen molar-refractivity contribution in [2.75, 3.05) is 18.5 Å². The molecule has 2 aromatic rings. The van der Waals surface area contributed by atoms with Gasteiger partial charge in [-0.15, -0.1) is 0 Å². The summed E-state index contributed by atoms with van der Waals surface area (Å²) in [5.74, 6) is -0.330. The summed E-state index contributed by atoms with van der Waals surface area (Å²) < 4.78 is 10.4. The number of carbonyl (C=O) groups excluding carboxylic acids is 2. The molecule has 0 spiro atoms. The van der Waals surface area contributed by atoms with Gasteiger partial charge in [0.05, 0.1) is 0 Å². The van der Waals surface area contributed by atoms with Gasteiger partial charge in [0.2, 0.25) is 0 Å². The van der Waals surface area contributed by atoms with E-state index >= 15 is 0 Å². The van der Waals surface area contributed by atoms with E-state index in [0.29, 0.717) is 5.75 Å². The first-order valence-electron chi connectivity index (χ1n) is 8.23. The molecule has 132 valence electrons. The predicted molar refractivity (Wildman–Crippen MR) is 96.8 cm³/mol. The van der Waals surface area contributed by atoms with E-state index in [4.69, 9.17) is 9.47 Å². The number of hydrogen-bond acceptors (Lipinski definition) is 4. The molecular formula is C20H23NO4. The molecule has 5 heteroatoms. The summed E-state index contributed by atoms with van der Waals surface area (Å²) in [4.78, 5) is 23.7. The number of carbonyl (C=O) groups is 2. The molecule has 0 saturated carbocycles. The zero-order valence-electron chi connectivity index (χ0n) is 14.8. The zero-order chi connectivity index (χ0) is 18.2. The third kappa shape index (κ3) is 5.64. The maximum atomic E-state index is 11.9. The number of rotatable bonds is 7. The van der Waals surface area contributed by atoms with Crippen molar-refractivity contribution < 1.29 is 19.1 Å². The quantitative estimate of drug-likeness (QED) is 0.784. The molecule has 0 aromatic heterocycles. The van der Waals surface area contributed by atoms with E-state index in [2.05, 4.69) is 5.32 Å². The number of para-hydroxylation sites is 1. The van der Waals surface area contributed by atoms with Gasteiger partial charge in [-0.25, -0.2) is 4.79 Å². The fraction of sp³-hybridized carbons (Fsp3) is 0.300. The number of amides is 1. The Balaban J connectivity index is 1.78. The predicted octanol–water partition coefficient (Wildman–Crippen LogP) is 3.43. The number of anilines is 1. The second-order valence-corrected chi connectivity index (χ2v) is 5.78. The molecule has 0 aliphatic heterocycles. The van der Waals surface area contributed by atoms with Crippen LogP contribution in [0.4, 0.5) is 5.69 Å². The van der Waals surface area contributed by atoms with Gasteiger partial charge in [-0.2, -0.15) is 0 Å². The maximum absolute atomic E-state index is 11.9. The van der Waals surface area contributed by atoms with Crippen LogP contribution < -0.4 is 10.1 Å². The number of ether oxygens (including phenoxy) is 2. The molecule has 0 aliphatic rings. The molecule has 1 amide bonds. The van der Waals surface area contributed by atoms with Gasteiger partial charge in [0.1, 0.15) is 5.75 Å². The molecule has 1 N–H and O–H groups in total. The van der Waals surface area contributed by atoms with Crippen molar-refractivity contribution in [1.82, 2.24) is 0 Å². The van der Waals surface area contributed by atoms with E-state index in [-0.39, 0.29) is 19.1 Å². The normalized spacial score (nSPS) is 10.2. The maximum Gasteiger partial charge on any atom is 0.344 e. The lowest BCUT2D eigenvalue weighted by molar-refractivity contribution is -0.149. The highest BCUT2D eigenvalue weighted by Crippen LogP contribution is 2.18. The Hall–Kier alpha value is -2.82. The van der Waals surface area contributed by atoms with Crippen LogP contribution >= 0.6 is 0 Å². The minimum absolute atomic E-state index is 0.233. The van der Waals surface area contributed by atoms with Crippen molar-refractivity contribution in [1.29, 1.82) is 0 Å². The average molecular weight is 341 g/mol. The van der Waals surface area contributed by atoms with Crippen LogP contribution in [0.15, 0.2) is 42.5 Å². The Bertz CT molecular complexity index is 755. The summed E-state index contributed by atoms with van der Waals surface area (Å²) in [6.07, 6.45) is 0.806. The summed E-state index contributed by atoms with van der Waals surface area (Å²) in [5.41, 5.74) is 3.83. The molecule has 2 rings (SSSR count). The van der Waals surface area contributed by atoms with Gasteiger partial charge < -0.3 is 14.8 Å². The van der Waals surface area contributed by atoms with Gasteiger partial charge in [-0.1, -0.05) is 42.8 Å². The van der Waals surface area contributed by atoms with Gasteiger partial charge in [-0.05, 0) is 43.5 Å². The van der Waals surface area contributed by atoms with E-state index in [1.807, 2.05) is 63.2 Å². The third-order valence-corrected chi connectivity index (χ3v) is 3.71. The van der Waals surface area contributed by atoms with E-state index in [1.54, 1.807) is 0 Å². The lowest BCUT2D eigenvalue weighted by atomic mass is 10.1. The van der Waals surface area contributed by atoms with Crippen molar-refractivity contribution in [3.8, 4) is 5.75 Å². The SMILES string of the molecule is CCc1ccccc1NC(=O)COC(=O)COc1ccc(C)cc1C. The zero-order valence-corrected chi connectivity index (χ0v) is 14.8. The van der Waals surface area contributed by atoms with Gasteiger partial charge in [0, 0.05) is 5.69 Å². The van der Waals surface area contributed by atoms with E-state index in [1.165, 1.54) is 0 Å². The largest absolute Gasteiger partial charge is 0.482 e. The second kappa shape index (κ2) is 8.87. The van der Waals surface area contributed by atoms with Crippen LogP contribution in [0, 0.1) is 13.8 Å². The Morgan fingerprint density at radius 1 is 1.04 bits per heavy atom. The summed E-state index contributed by atoms with van der Waals surface area (Å²) in [7, 11) is 0. The Morgan fingerprint density at radius 2 is 1.80 bits per heavy atom. The van der Waals surface area contributed by atoms with E-state index < -0.39 is 5.97 Å². The van der Waals surface area contributed by atoms with Gasteiger partial charge in [0.25, 0.3) is 5.91 Å². The van der Waals surface area contributed by atoms with Crippen LogP contribution in [0.1, 0.15) is 23.6 Å². The Labute approximate surface area is 148 Å². The van der Waals surface area contributed by atoms with Gasteiger partial charge in [0.15, 0.2) is 13.2 Å². The summed E-state index contributed by atoms with van der Waals surface area (Å²) in [6.45, 7) is 5.33. The average Bonchev–Trinajstić information content (AvgIpc) is 2.59. The fourth-order valence-corrected chi connectivity index (χ4v) is 2.42. The van der Waals surface area contributed by atoms with Crippen LogP contribution in [0.25, 0.3) is 0 Å². The van der Waals surface area contributed by atoms with Crippen LogP contribution in [0.3, 0.4) is 0 Å². The first-order valence-corrected chi connectivity index (χ1v) is 8.23. The van der Waals surface area contributed by atoms with E-state index in [0.717, 1.165) is 28.8 Å². The van der Waals surface area contributed by atoms with Crippen molar-refractivity contribution in [2.45, 2.75) is 27.2 Å². The number of nitrogens with one attached hydrogen (secondary N) is 1. The van der Waals surface area contributed by atoms with Gasteiger partial charge >= 0.3 is 5.97 Å². The molecule has 5 nitrogen and oxygen atoms in total. The number of benzene rings is 2. The Morgan fingerprint density at radius 3 is 2.52 bits per heavy atom. The molecule has 2 aromatic carbocycles. The fourth-order valence-electron chi connectivity index (χ4n) is 2.42. The third-order valence-electron chi connectivity index (χ3n) is 3.71. The smallest absolute Gasteiger partial charge is 0.344 e. The highest BCUT2D eigenvalue weighted by Gasteiger charge is 2.11. The summed E-state index contributed by atoms with van der Waals surface area (Å²) in [5, 5.41) is 2.75. The molecular weight excluding hydrogens is 318 g/mol. The molecule has 0 saturated heterocycles. The lowest BCUT2D eigenvalue weighted by Gasteiger charge is -2.11. The monoisotopic (exact) mass is 341 g/mol. The van der Waals surface area contributed by atoms with Crippen LogP contribution in [-0.2, 0) is 20.7 Å². The molecule has 0 fully saturated rings. The highest BCUT2D eigenvalue weighted by atomic mass is 16.6. The minimum atomic E-state index is -0.584. The molecule has 0 aliphatic carbocycles. The molecule has 0 bridgehead atoms. The van der Waals surface area contributed by atoms with Crippen LogP contribution in [0.5, 0.6) is 5.75 Å². The van der Waals surface area contributed by atoms with Crippen molar-refractivity contribution in [3.63, 3.8) is 0 Å².